The van der Waals surface area contributed by atoms with Crippen molar-refractivity contribution in [1.29, 1.82) is 0 Å². The van der Waals surface area contributed by atoms with E-state index in [-0.39, 0.29) is 5.91 Å². The second kappa shape index (κ2) is 5.36. The molecule has 0 radical (unpaired) electrons. The van der Waals surface area contributed by atoms with Gasteiger partial charge in [0.05, 0.1) is 22.5 Å². The zero-order valence-electron chi connectivity index (χ0n) is 10.8. The van der Waals surface area contributed by atoms with Crippen LogP contribution < -0.4 is 5.73 Å². The molecule has 0 atom stereocenters. The molecule has 0 aliphatic heterocycles. The van der Waals surface area contributed by atoms with Gasteiger partial charge in [0.15, 0.2) is 0 Å². The van der Waals surface area contributed by atoms with Crippen LogP contribution in [0.2, 0.25) is 5.02 Å². The molecule has 100 valence electrons. The third kappa shape index (κ3) is 2.74. The number of para-hydroxylation sites is 1. The van der Waals surface area contributed by atoms with E-state index in [1.54, 1.807) is 36.4 Å². The molecular weight excluding hydrogens is 264 g/mol. The molecule has 5 heteroatoms. The highest BCUT2D eigenvalue weighted by molar-refractivity contribution is 6.33. The Hall–Kier alpha value is -1.94. The van der Waals surface area contributed by atoms with E-state index in [9.17, 15) is 4.79 Å². The van der Waals surface area contributed by atoms with Crippen molar-refractivity contribution in [2.45, 2.75) is 13.5 Å². The summed E-state index contributed by atoms with van der Waals surface area (Å²) < 4.78 is 5.21. The SMILES string of the molecule is Cc1occc1CN(C)C(=O)c1cccc(Cl)c1N. The smallest absolute Gasteiger partial charge is 0.256 e. The van der Waals surface area contributed by atoms with Crippen LogP contribution in [0.15, 0.2) is 34.9 Å². The molecule has 1 amide bonds. The van der Waals surface area contributed by atoms with Gasteiger partial charge in [-0.25, -0.2) is 0 Å². The van der Waals surface area contributed by atoms with Crippen molar-refractivity contribution in [2.75, 3.05) is 12.8 Å². The number of furan rings is 1. The molecule has 0 aliphatic rings. The Morgan fingerprint density at radius 1 is 1.42 bits per heavy atom. The van der Waals surface area contributed by atoms with Crippen LogP contribution in [0.25, 0.3) is 0 Å². The molecule has 2 N–H and O–H groups in total. The Morgan fingerprint density at radius 3 is 2.79 bits per heavy atom. The Morgan fingerprint density at radius 2 is 2.16 bits per heavy atom. The number of anilines is 1. The summed E-state index contributed by atoms with van der Waals surface area (Å²) in [7, 11) is 1.72. The lowest BCUT2D eigenvalue weighted by molar-refractivity contribution is 0.0785. The standard InChI is InChI=1S/C14H15ClN2O2/c1-9-10(6-7-19-9)8-17(2)14(18)11-4-3-5-12(15)13(11)16/h3-7H,8,16H2,1-2H3. The van der Waals surface area contributed by atoms with Gasteiger partial charge in [0.2, 0.25) is 0 Å². The number of nitrogens with two attached hydrogens (primary N) is 1. The van der Waals surface area contributed by atoms with Crippen LogP contribution in [0.3, 0.4) is 0 Å². The molecule has 0 saturated heterocycles. The van der Waals surface area contributed by atoms with E-state index < -0.39 is 0 Å². The van der Waals surface area contributed by atoms with E-state index >= 15 is 0 Å². The highest BCUT2D eigenvalue weighted by Crippen LogP contribution is 2.24. The number of benzene rings is 1. The molecule has 2 rings (SSSR count). The van der Waals surface area contributed by atoms with Crippen molar-refractivity contribution in [2.24, 2.45) is 0 Å². The highest BCUT2D eigenvalue weighted by Gasteiger charge is 2.17. The Labute approximate surface area is 116 Å². The largest absolute Gasteiger partial charge is 0.469 e. The third-order valence-corrected chi connectivity index (χ3v) is 3.33. The first-order valence-corrected chi connectivity index (χ1v) is 6.21. The zero-order chi connectivity index (χ0) is 14.0. The van der Waals surface area contributed by atoms with Crippen LogP contribution >= 0.6 is 11.6 Å². The van der Waals surface area contributed by atoms with E-state index in [2.05, 4.69) is 0 Å². The summed E-state index contributed by atoms with van der Waals surface area (Å²) in [5.74, 6) is 0.638. The lowest BCUT2D eigenvalue weighted by Crippen LogP contribution is -2.27. The molecule has 1 aromatic heterocycles. The highest BCUT2D eigenvalue weighted by atomic mass is 35.5. The quantitative estimate of drug-likeness (QED) is 0.878. The summed E-state index contributed by atoms with van der Waals surface area (Å²) in [6.45, 7) is 2.33. The number of nitrogen functional groups attached to an aromatic ring is 1. The Kier molecular flexibility index (Phi) is 3.81. The lowest BCUT2D eigenvalue weighted by atomic mass is 10.1. The van der Waals surface area contributed by atoms with Gasteiger partial charge in [-0.1, -0.05) is 17.7 Å². The minimum atomic E-state index is -0.166. The second-order valence-electron chi connectivity index (χ2n) is 4.36. The van der Waals surface area contributed by atoms with Crippen molar-refractivity contribution in [3.63, 3.8) is 0 Å². The maximum absolute atomic E-state index is 12.3. The predicted octanol–water partition coefficient (Wildman–Crippen LogP) is 3.10. The maximum Gasteiger partial charge on any atom is 0.256 e. The molecule has 0 bridgehead atoms. The fourth-order valence-corrected chi connectivity index (χ4v) is 2.01. The van der Waals surface area contributed by atoms with E-state index in [0.29, 0.717) is 22.8 Å². The molecule has 0 aliphatic carbocycles. The molecular formula is C14H15ClN2O2. The minimum Gasteiger partial charge on any atom is -0.469 e. The number of carbonyl (C=O) groups is 1. The Balaban J connectivity index is 2.20. The average molecular weight is 279 g/mol. The van der Waals surface area contributed by atoms with Gasteiger partial charge in [0.1, 0.15) is 5.76 Å². The monoisotopic (exact) mass is 278 g/mol. The normalized spacial score (nSPS) is 10.5. The van der Waals surface area contributed by atoms with Gasteiger partial charge in [0, 0.05) is 19.2 Å². The van der Waals surface area contributed by atoms with E-state index in [0.717, 1.165) is 11.3 Å². The van der Waals surface area contributed by atoms with Gasteiger partial charge < -0.3 is 15.1 Å². The van der Waals surface area contributed by atoms with Crippen molar-refractivity contribution in [3.8, 4) is 0 Å². The van der Waals surface area contributed by atoms with E-state index in [1.165, 1.54) is 0 Å². The molecule has 0 spiro atoms. The summed E-state index contributed by atoms with van der Waals surface area (Å²) >= 11 is 5.92. The van der Waals surface area contributed by atoms with Crippen molar-refractivity contribution in [1.82, 2.24) is 4.90 Å². The zero-order valence-corrected chi connectivity index (χ0v) is 11.6. The van der Waals surface area contributed by atoms with Gasteiger partial charge >= 0.3 is 0 Å². The van der Waals surface area contributed by atoms with E-state index in [1.807, 2.05) is 13.0 Å². The fraction of sp³-hybridized carbons (Fsp3) is 0.214. The summed E-state index contributed by atoms with van der Waals surface area (Å²) in [6, 6.07) is 6.89. The molecule has 4 nitrogen and oxygen atoms in total. The molecule has 19 heavy (non-hydrogen) atoms. The number of hydrogen-bond acceptors (Lipinski definition) is 3. The minimum absolute atomic E-state index is 0.166. The molecule has 1 aromatic carbocycles. The average Bonchev–Trinajstić information content (AvgIpc) is 2.77. The molecule has 1 heterocycles. The van der Waals surface area contributed by atoms with Crippen LogP contribution in [0.1, 0.15) is 21.7 Å². The number of carbonyl (C=O) groups excluding carboxylic acids is 1. The number of aryl methyl sites for hydroxylation is 1. The number of rotatable bonds is 3. The van der Waals surface area contributed by atoms with Gasteiger partial charge in [-0.3, -0.25) is 4.79 Å². The number of nitrogens with zero attached hydrogens (tertiary/aromatic N) is 1. The first-order valence-electron chi connectivity index (χ1n) is 5.83. The number of amides is 1. The van der Waals surface area contributed by atoms with Crippen LogP contribution in [0.5, 0.6) is 0 Å². The first kappa shape index (κ1) is 13.5. The number of hydrogen-bond donors (Lipinski definition) is 1. The van der Waals surface area contributed by atoms with Crippen molar-refractivity contribution in [3.05, 3.63) is 52.4 Å². The first-order chi connectivity index (χ1) is 9.00. The van der Waals surface area contributed by atoms with Gasteiger partial charge in [-0.2, -0.15) is 0 Å². The lowest BCUT2D eigenvalue weighted by Gasteiger charge is -2.18. The summed E-state index contributed by atoms with van der Waals surface area (Å²) in [5.41, 5.74) is 7.52. The molecule has 0 saturated carbocycles. The second-order valence-corrected chi connectivity index (χ2v) is 4.77. The maximum atomic E-state index is 12.3. The van der Waals surface area contributed by atoms with Crippen LogP contribution in [0, 0.1) is 6.92 Å². The van der Waals surface area contributed by atoms with Crippen molar-refractivity contribution < 1.29 is 9.21 Å². The summed E-state index contributed by atoms with van der Waals surface area (Å²) in [6.07, 6.45) is 1.61. The van der Waals surface area contributed by atoms with Crippen molar-refractivity contribution >= 4 is 23.2 Å². The summed E-state index contributed by atoms with van der Waals surface area (Å²) in [5, 5.41) is 0.388. The van der Waals surface area contributed by atoms with Gasteiger partial charge in [-0.15, -0.1) is 0 Å². The fourth-order valence-electron chi connectivity index (χ4n) is 1.83. The van der Waals surface area contributed by atoms with Gasteiger partial charge in [-0.05, 0) is 25.1 Å². The predicted molar refractivity (Wildman–Crippen MR) is 75.1 cm³/mol. The topological polar surface area (TPSA) is 59.5 Å². The van der Waals surface area contributed by atoms with Crippen LogP contribution in [-0.4, -0.2) is 17.9 Å². The molecule has 0 unspecified atom stereocenters. The summed E-state index contributed by atoms with van der Waals surface area (Å²) in [4.78, 5) is 13.9. The van der Waals surface area contributed by atoms with E-state index in [4.69, 9.17) is 21.8 Å². The molecule has 0 fully saturated rings. The van der Waals surface area contributed by atoms with Crippen LogP contribution in [0.4, 0.5) is 5.69 Å². The third-order valence-electron chi connectivity index (χ3n) is 3.00. The Bertz CT molecular complexity index is 607. The number of halogens is 1. The molecule has 2 aromatic rings. The van der Waals surface area contributed by atoms with Gasteiger partial charge in [0.25, 0.3) is 5.91 Å². The van der Waals surface area contributed by atoms with Crippen LogP contribution in [-0.2, 0) is 6.54 Å².